The van der Waals surface area contributed by atoms with E-state index in [2.05, 4.69) is 34.5 Å². The van der Waals surface area contributed by atoms with E-state index in [4.69, 9.17) is 4.98 Å². The van der Waals surface area contributed by atoms with E-state index in [1.54, 1.807) is 4.90 Å². The van der Waals surface area contributed by atoms with Crippen molar-refractivity contribution in [3.63, 3.8) is 0 Å². The first-order chi connectivity index (χ1) is 14.9. The van der Waals surface area contributed by atoms with Crippen molar-refractivity contribution >= 4 is 22.8 Å². The summed E-state index contributed by atoms with van der Waals surface area (Å²) in [6, 6.07) is 5.84. The molecular weight excluding hydrogens is 390 g/mol. The van der Waals surface area contributed by atoms with Crippen molar-refractivity contribution in [3.05, 3.63) is 57.1 Å². The molecule has 1 N–H and O–H groups in total. The number of piperidine rings is 1. The molecule has 3 aromatic rings. The monoisotopic (exact) mass is 419 g/mol. The molecular formula is C24H29N5O2. The molecule has 1 amide bonds. The molecule has 1 fully saturated rings. The first-order valence-corrected chi connectivity index (χ1v) is 11.1. The first kappa shape index (κ1) is 19.8. The highest BCUT2D eigenvalue weighted by Gasteiger charge is 2.27. The zero-order valence-corrected chi connectivity index (χ0v) is 18.4. The average molecular weight is 420 g/mol. The molecule has 0 aliphatic carbocycles. The maximum Gasteiger partial charge on any atom is 0.257 e. The van der Waals surface area contributed by atoms with Crippen molar-refractivity contribution in [2.24, 2.45) is 13.0 Å². The van der Waals surface area contributed by atoms with Gasteiger partial charge in [-0.15, -0.1) is 0 Å². The minimum Gasteiger partial charge on any atom is -0.350 e. The molecule has 5 rings (SSSR count). The van der Waals surface area contributed by atoms with E-state index in [0.29, 0.717) is 42.5 Å². The number of hydrogen-bond donors (Lipinski definition) is 1. The van der Waals surface area contributed by atoms with Crippen LogP contribution in [0, 0.1) is 12.8 Å². The Balaban J connectivity index is 1.40. The van der Waals surface area contributed by atoms with Crippen LogP contribution in [-0.2, 0) is 20.0 Å². The molecule has 1 unspecified atom stereocenters. The maximum absolute atomic E-state index is 13.2. The summed E-state index contributed by atoms with van der Waals surface area (Å²) in [4.78, 5) is 37.8. The number of aromatic nitrogens is 3. The third-order valence-electron chi connectivity index (χ3n) is 6.74. The van der Waals surface area contributed by atoms with Gasteiger partial charge >= 0.3 is 0 Å². The van der Waals surface area contributed by atoms with Gasteiger partial charge in [0.2, 0.25) is 5.95 Å². The Hall–Kier alpha value is -3.09. The van der Waals surface area contributed by atoms with Crippen LogP contribution in [0.4, 0.5) is 5.95 Å². The van der Waals surface area contributed by atoms with Crippen molar-refractivity contribution in [2.45, 2.75) is 39.7 Å². The predicted octanol–water partition coefficient (Wildman–Crippen LogP) is 3.00. The lowest BCUT2D eigenvalue weighted by molar-refractivity contribution is 0.0733. The summed E-state index contributed by atoms with van der Waals surface area (Å²) >= 11 is 0. The lowest BCUT2D eigenvalue weighted by atomic mass is 10.0. The number of fused-ring (bicyclic) bond motifs is 2. The zero-order valence-electron chi connectivity index (χ0n) is 18.4. The molecule has 162 valence electrons. The number of nitrogens with one attached hydrogen (secondary N) is 1. The number of aromatic amines is 1. The summed E-state index contributed by atoms with van der Waals surface area (Å²) in [6.45, 7) is 7.02. The van der Waals surface area contributed by atoms with E-state index in [1.165, 1.54) is 6.42 Å². The number of H-pyrrole nitrogens is 1. The first-order valence-electron chi connectivity index (χ1n) is 11.1. The highest BCUT2D eigenvalue weighted by atomic mass is 16.2. The minimum atomic E-state index is -0.120. The molecule has 2 aromatic heterocycles. The van der Waals surface area contributed by atoms with Crippen LogP contribution in [-0.4, -0.2) is 45.0 Å². The Morgan fingerprint density at radius 1 is 1.26 bits per heavy atom. The van der Waals surface area contributed by atoms with E-state index in [-0.39, 0.29) is 11.5 Å². The molecule has 0 saturated carbocycles. The molecule has 31 heavy (non-hydrogen) atoms. The van der Waals surface area contributed by atoms with Crippen LogP contribution < -0.4 is 10.5 Å². The van der Waals surface area contributed by atoms with Gasteiger partial charge in [-0.2, -0.15) is 0 Å². The molecule has 2 aliphatic heterocycles. The fraction of sp³-hybridized carbons (Fsp3) is 0.458. The van der Waals surface area contributed by atoms with Gasteiger partial charge in [-0.25, -0.2) is 4.98 Å². The van der Waals surface area contributed by atoms with Crippen molar-refractivity contribution in [2.75, 3.05) is 24.5 Å². The fourth-order valence-electron chi connectivity index (χ4n) is 5.02. The number of benzene rings is 1. The molecule has 0 bridgehead atoms. The minimum absolute atomic E-state index is 0.0378. The van der Waals surface area contributed by atoms with Crippen molar-refractivity contribution < 1.29 is 4.79 Å². The lowest BCUT2D eigenvalue weighted by Crippen LogP contribution is -2.41. The number of carbonyl (C=O) groups excluding carboxylic acids is 1. The van der Waals surface area contributed by atoms with Crippen LogP contribution in [0.3, 0.4) is 0 Å². The van der Waals surface area contributed by atoms with E-state index >= 15 is 0 Å². The summed E-state index contributed by atoms with van der Waals surface area (Å²) < 4.78 is 2.07. The summed E-state index contributed by atoms with van der Waals surface area (Å²) in [5, 5.41) is 1.09. The molecule has 7 nitrogen and oxygen atoms in total. The van der Waals surface area contributed by atoms with Gasteiger partial charge < -0.3 is 14.4 Å². The van der Waals surface area contributed by atoms with E-state index < -0.39 is 0 Å². The topological polar surface area (TPSA) is 74.2 Å². The molecule has 7 heteroatoms. The van der Waals surface area contributed by atoms with Crippen LogP contribution in [0.5, 0.6) is 0 Å². The number of hydrogen-bond acceptors (Lipinski definition) is 4. The van der Waals surface area contributed by atoms with Crippen LogP contribution in [0.15, 0.2) is 29.2 Å². The Morgan fingerprint density at radius 2 is 2.10 bits per heavy atom. The quantitative estimate of drug-likeness (QED) is 0.693. The second-order valence-electron chi connectivity index (χ2n) is 9.14. The van der Waals surface area contributed by atoms with E-state index in [1.807, 2.05) is 25.2 Å². The second kappa shape index (κ2) is 7.55. The second-order valence-corrected chi connectivity index (χ2v) is 9.14. The molecule has 1 atom stereocenters. The molecule has 4 heterocycles. The number of aryl methyl sites for hydroxylation is 2. The Bertz CT molecular complexity index is 1220. The number of carbonyl (C=O) groups is 1. The lowest BCUT2D eigenvalue weighted by Gasteiger charge is -2.33. The predicted molar refractivity (Wildman–Crippen MR) is 122 cm³/mol. The summed E-state index contributed by atoms with van der Waals surface area (Å²) in [5.74, 6) is 1.25. The number of nitrogens with zero attached hydrogens (tertiary/aromatic N) is 4. The van der Waals surface area contributed by atoms with Crippen LogP contribution in [0.1, 0.15) is 46.9 Å². The van der Waals surface area contributed by atoms with Crippen molar-refractivity contribution in [1.29, 1.82) is 0 Å². The molecule has 1 aromatic carbocycles. The van der Waals surface area contributed by atoms with Gasteiger partial charge in [0.25, 0.3) is 11.5 Å². The highest BCUT2D eigenvalue weighted by molar-refractivity contribution is 5.99. The van der Waals surface area contributed by atoms with Crippen LogP contribution >= 0.6 is 0 Å². The normalized spacial score (nSPS) is 19.0. The molecule has 2 aliphatic rings. The molecule has 0 spiro atoms. The average Bonchev–Trinajstić information content (AvgIpc) is 3.06. The standard InChI is InChI=1S/C24H29N5O2/c1-15-5-4-9-29(12-15)24-25-20-8-10-28(14-19(20)22(30)26-24)23(31)17-6-7-21-18(11-17)16(2)13-27(21)3/h6-7,11,13,15H,4-5,8-10,12,14H2,1-3H3,(H,25,26,30). The number of rotatable bonds is 2. The third-order valence-corrected chi connectivity index (χ3v) is 6.74. The SMILES string of the molecule is Cc1cn(C)c2ccc(C(=O)N3CCc4nc(N5CCCC(C)C5)[nH]c(=O)c4C3)cc12. The zero-order chi connectivity index (χ0) is 21.7. The van der Waals surface area contributed by atoms with Gasteiger partial charge in [0, 0.05) is 55.8 Å². The van der Waals surface area contributed by atoms with E-state index in [9.17, 15) is 9.59 Å². The van der Waals surface area contributed by atoms with Crippen LogP contribution in [0.2, 0.25) is 0 Å². The Kier molecular flexibility index (Phi) is 4.84. The van der Waals surface area contributed by atoms with Gasteiger partial charge in [-0.05, 0) is 49.4 Å². The Morgan fingerprint density at radius 3 is 2.90 bits per heavy atom. The number of anilines is 1. The van der Waals surface area contributed by atoms with Gasteiger partial charge in [0.1, 0.15) is 0 Å². The Labute approximate surface area is 181 Å². The highest BCUT2D eigenvalue weighted by Crippen LogP contribution is 2.25. The fourth-order valence-corrected chi connectivity index (χ4v) is 5.02. The van der Waals surface area contributed by atoms with E-state index in [0.717, 1.165) is 41.7 Å². The van der Waals surface area contributed by atoms with Crippen LogP contribution in [0.25, 0.3) is 10.9 Å². The van der Waals surface area contributed by atoms with Crippen molar-refractivity contribution in [3.8, 4) is 0 Å². The summed E-state index contributed by atoms with van der Waals surface area (Å²) in [6.07, 6.45) is 5.02. The van der Waals surface area contributed by atoms with Crippen molar-refractivity contribution in [1.82, 2.24) is 19.4 Å². The molecule has 1 saturated heterocycles. The number of amides is 1. The summed E-state index contributed by atoms with van der Waals surface area (Å²) in [5.41, 5.74) is 4.24. The summed E-state index contributed by atoms with van der Waals surface area (Å²) in [7, 11) is 2.01. The smallest absolute Gasteiger partial charge is 0.257 e. The molecule has 0 radical (unpaired) electrons. The van der Waals surface area contributed by atoms with Gasteiger partial charge in [-0.1, -0.05) is 6.92 Å². The largest absolute Gasteiger partial charge is 0.350 e. The third kappa shape index (κ3) is 3.52. The maximum atomic E-state index is 13.2. The van der Waals surface area contributed by atoms with Gasteiger partial charge in [-0.3, -0.25) is 14.6 Å². The van der Waals surface area contributed by atoms with Gasteiger partial charge in [0.15, 0.2) is 0 Å². The van der Waals surface area contributed by atoms with Gasteiger partial charge in [0.05, 0.1) is 17.8 Å².